The fourth-order valence-electron chi connectivity index (χ4n) is 1.44. The highest BCUT2D eigenvalue weighted by atomic mass is 32.2. The van der Waals surface area contributed by atoms with E-state index in [0.717, 1.165) is 12.1 Å². The smallest absolute Gasteiger partial charge is 0.243 e. The lowest BCUT2D eigenvalue weighted by Crippen LogP contribution is -2.37. The predicted molar refractivity (Wildman–Crippen MR) is 74.2 cm³/mol. The number of hydrogen-bond donors (Lipinski definition) is 3. The molecule has 0 aromatic heterocycles. The van der Waals surface area contributed by atoms with Crippen molar-refractivity contribution < 1.29 is 17.6 Å². The molecule has 0 saturated carbocycles. The molecule has 4 N–H and O–H groups in total. The molecular formula is C12H18FN3O3S. The van der Waals surface area contributed by atoms with E-state index in [0.29, 0.717) is 6.42 Å². The van der Waals surface area contributed by atoms with Crippen molar-refractivity contribution >= 4 is 21.6 Å². The number of rotatable bonds is 6. The second-order valence-corrected chi connectivity index (χ2v) is 6.08. The van der Waals surface area contributed by atoms with Crippen molar-refractivity contribution in [2.24, 2.45) is 5.73 Å². The Morgan fingerprint density at radius 2 is 2.10 bits per heavy atom. The van der Waals surface area contributed by atoms with E-state index in [9.17, 15) is 17.6 Å². The number of carbonyl (C=O) groups excluding carboxylic acids is 1. The minimum absolute atomic E-state index is 0.0335. The van der Waals surface area contributed by atoms with Gasteiger partial charge in [0.05, 0.1) is 0 Å². The molecule has 1 aromatic carbocycles. The Morgan fingerprint density at radius 3 is 2.60 bits per heavy atom. The van der Waals surface area contributed by atoms with Crippen LogP contribution in [-0.2, 0) is 14.8 Å². The van der Waals surface area contributed by atoms with Gasteiger partial charge < -0.3 is 11.1 Å². The molecule has 1 amide bonds. The summed E-state index contributed by atoms with van der Waals surface area (Å²) >= 11 is 0. The lowest BCUT2D eigenvalue weighted by Gasteiger charge is -2.12. The zero-order chi connectivity index (χ0) is 15.3. The first-order chi connectivity index (χ1) is 9.26. The molecule has 1 rings (SSSR count). The zero-order valence-corrected chi connectivity index (χ0v) is 12.1. The molecule has 6 nitrogen and oxygen atoms in total. The molecule has 20 heavy (non-hydrogen) atoms. The molecule has 8 heteroatoms. The van der Waals surface area contributed by atoms with Crippen molar-refractivity contribution in [3.8, 4) is 0 Å². The monoisotopic (exact) mass is 303 g/mol. The van der Waals surface area contributed by atoms with E-state index in [1.807, 2.05) is 6.92 Å². The highest BCUT2D eigenvalue weighted by Gasteiger charge is 2.19. The number of anilines is 1. The van der Waals surface area contributed by atoms with Crippen molar-refractivity contribution in [3.63, 3.8) is 0 Å². The first-order valence-electron chi connectivity index (χ1n) is 6.08. The summed E-state index contributed by atoms with van der Waals surface area (Å²) in [6, 6.07) is 3.04. The molecule has 0 aliphatic heterocycles. The fourth-order valence-corrected chi connectivity index (χ4v) is 2.59. The maximum Gasteiger partial charge on any atom is 0.243 e. The Balaban J connectivity index is 2.93. The van der Waals surface area contributed by atoms with Gasteiger partial charge in [0.25, 0.3) is 0 Å². The molecule has 1 unspecified atom stereocenters. The topological polar surface area (TPSA) is 101 Å². The minimum atomic E-state index is -3.96. The summed E-state index contributed by atoms with van der Waals surface area (Å²) in [5.74, 6) is -1.30. The highest BCUT2D eigenvalue weighted by molar-refractivity contribution is 7.89. The van der Waals surface area contributed by atoms with Gasteiger partial charge in [-0.25, -0.2) is 17.5 Å². The van der Waals surface area contributed by atoms with Crippen molar-refractivity contribution in [2.45, 2.75) is 31.2 Å². The largest absolute Gasteiger partial charge is 0.327 e. The Hall–Kier alpha value is -1.51. The zero-order valence-electron chi connectivity index (χ0n) is 11.3. The van der Waals surface area contributed by atoms with Gasteiger partial charge in [-0.1, -0.05) is 6.92 Å². The van der Waals surface area contributed by atoms with Crippen LogP contribution < -0.4 is 15.8 Å². The number of nitrogens with one attached hydrogen (secondary N) is 2. The third-order valence-corrected chi connectivity index (χ3v) is 4.06. The van der Waals surface area contributed by atoms with Crippen LogP contribution in [0.15, 0.2) is 23.1 Å². The van der Waals surface area contributed by atoms with Gasteiger partial charge in [0, 0.05) is 25.2 Å². The number of nitrogens with two attached hydrogens (primary N) is 1. The van der Waals surface area contributed by atoms with E-state index in [2.05, 4.69) is 10.0 Å². The molecule has 0 bridgehead atoms. The molecule has 0 fully saturated rings. The second-order valence-electron chi connectivity index (χ2n) is 4.35. The van der Waals surface area contributed by atoms with Crippen LogP contribution in [0.2, 0.25) is 0 Å². The molecule has 112 valence electrons. The third kappa shape index (κ3) is 4.55. The minimum Gasteiger partial charge on any atom is -0.327 e. The van der Waals surface area contributed by atoms with Crippen LogP contribution in [0.5, 0.6) is 0 Å². The summed E-state index contributed by atoms with van der Waals surface area (Å²) in [6.45, 7) is 3.13. The first-order valence-corrected chi connectivity index (χ1v) is 7.57. The number of carbonyl (C=O) groups is 1. The van der Waals surface area contributed by atoms with Crippen LogP contribution in [0.3, 0.4) is 0 Å². The van der Waals surface area contributed by atoms with Gasteiger partial charge in [-0.2, -0.15) is 0 Å². The van der Waals surface area contributed by atoms with Crippen molar-refractivity contribution in [1.29, 1.82) is 0 Å². The van der Waals surface area contributed by atoms with E-state index in [-0.39, 0.29) is 24.2 Å². The Kier molecular flexibility index (Phi) is 5.61. The van der Waals surface area contributed by atoms with Crippen LogP contribution in [-0.4, -0.2) is 26.9 Å². The predicted octanol–water partition coefficient (Wildman–Crippen LogP) is 0.800. The molecule has 1 aromatic rings. The standard InChI is InChI=1S/C12H18FN3O3S/c1-3-9(14)7-15-20(18,19)12-5-4-10(6-11(12)13)16-8(2)17/h4-6,9,15H,3,7,14H2,1-2H3,(H,16,17). The summed E-state index contributed by atoms with van der Waals surface area (Å²) in [6.07, 6.45) is 0.604. The van der Waals surface area contributed by atoms with Gasteiger partial charge in [0.1, 0.15) is 10.7 Å². The SMILES string of the molecule is CCC(N)CNS(=O)(=O)c1ccc(NC(C)=O)cc1F. The molecule has 0 heterocycles. The molecule has 0 spiro atoms. The summed E-state index contributed by atoms with van der Waals surface area (Å²) in [5, 5.41) is 2.37. The van der Waals surface area contributed by atoms with E-state index < -0.39 is 20.7 Å². The quantitative estimate of drug-likeness (QED) is 0.723. The maximum atomic E-state index is 13.8. The fraction of sp³-hybridized carbons (Fsp3) is 0.417. The first kappa shape index (κ1) is 16.5. The Bertz CT molecular complexity index is 590. The van der Waals surface area contributed by atoms with Crippen LogP contribution >= 0.6 is 0 Å². The normalized spacial score (nSPS) is 13.0. The molecule has 0 aliphatic rings. The van der Waals surface area contributed by atoms with E-state index in [1.165, 1.54) is 13.0 Å². The van der Waals surface area contributed by atoms with Crippen LogP contribution in [0.25, 0.3) is 0 Å². The van der Waals surface area contributed by atoms with Crippen molar-refractivity contribution in [1.82, 2.24) is 4.72 Å². The molecule has 0 radical (unpaired) electrons. The van der Waals surface area contributed by atoms with Gasteiger partial charge in [-0.15, -0.1) is 0 Å². The summed E-state index contributed by atoms with van der Waals surface area (Å²) in [7, 11) is -3.96. The van der Waals surface area contributed by atoms with Crippen LogP contribution in [0.1, 0.15) is 20.3 Å². The lowest BCUT2D eigenvalue weighted by molar-refractivity contribution is -0.114. The van der Waals surface area contributed by atoms with Crippen LogP contribution in [0.4, 0.5) is 10.1 Å². The number of benzene rings is 1. The third-order valence-electron chi connectivity index (χ3n) is 2.60. The molecule has 1 atom stereocenters. The van der Waals surface area contributed by atoms with E-state index >= 15 is 0 Å². The average Bonchev–Trinajstić information content (AvgIpc) is 2.35. The number of hydrogen-bond acceptors (Lipinski definition) is 4. The maximum absolute atomic E-state index is 13.8. The van der Waals surface area contributed by atoms with Crippen LogP contribution in [0, 0.1) is 5.82 Å². The highest BCUT2D eigenvalue weighted by Crippen LogP contribution is 2.18. The number of amides is 1. The molecule has 0 saturated heterocycles. The number of sulfonamides is 1. The van der Waals surface area contributed by atoms with Gasteiger partial charge in [-0.05, 0) is 24.6 Å². The summed E-state index contributed by atoms with van der Waals surface area (Å²) in [5.41, 5.74) is 5.80. The van der Waals surface area contributed by atoms with E-state index in [4.69, 9.17) is 5.73 Å². The Labute approximate surface area is 117 Å². The summed E-state index contributed by atoms with van der Waals surface area (Å²) < 4.78 is 39.9. The summed E-state index contributed by atoms with van der Waals surface area (Å²) in [4.78, 5) is 10.4. The van der Waals surface area contributed by atoms with Crippen molar-refractivity contribution in [3.05, 3.63) is 24.0 Å². The second kappa shape index (κ2) is 6.78. The average molecular weight is 303 g/mol. The molecule has 0 aliphatic carbocycles. The number of halogens is 1. The molecular weight excluding hydrogens is 285 g/mol. The lowest BCUT2D eigenvalue weighted by atomic mass is 10.2. The van der Waals surface area contributed by atoms with Gasteiger partial charge in [-0.3, -0.25) is 4.79 Å². The van der Waals surface area contributed by atoms with E-state index in [1.54, 1.807) is 0 Å². The van der Waals surface area contributed by atoms with Gasteiger partial charge in [0.2, 0.25) is 15.9 Å². The Morgan fingerprint density at radius 1 is 1.45 bits per heavy atom. The van der Waals surface area contributed by atoms with Gasteiger partial charge >= 0.3 is 0 Å². The van der Waals surface area contributed by atoms with Gasteiger partial charge in [0.15, 0.2) is 0 Å². The van der Waals surface area contributed by atoms with Crippen molar-refractivity contribution in [2.75, 3.05) is 11.9 Å².